The van der Waals surface area contributed by atoms with E-state index in [0.717, 1.165) is 30.6 Å². The highest BCUT2D eigenvalue weighted by atomic mass is 16.5. The maximum Gasteiger partial charge on any atom is 0.258 e. The third-order valence-electron chi connectivity index (χ3n) is 5.29. The van der Waals surface area contributed by atoms with Crippen LogP contribution in [0, 0.1) is 0 Å². The summed E-state index contributed by atoms with van der Waals surface area (Å²) < 4.78 is 10.7. The van der Waals surface area contributed by atoms with E-state index in [1.165, 1.54) is 0 Å². The molecular formula is C25H30N2O3. The first-order valence-electron chi connectivity index (χ1n) is 10.3. The number of methoxy groups -OCH3 is 2. The van der Waals surface area contributed by atoms with Gasteiger partial charge in [-0.1, -0.05) is 42.5 Å². The molecule has 1 atom stereocenters. The Bertz CT molecular complexity index is 900. The van der Waals surface area contributed by atoms with E-state index < -0.39 is 0 Å². The van der Waals surface area contributed by atoms with Crippen LogP contribution >= 0.6 is 0 Å². The molecule has 0 radical (unpaired) electrons. The van der Waals surface area contributed by atoms with Crippen molar-refractivity contribution in [2.45, 2.75) is 25.8 Å². The number of carbonyl (C=O) groups excluding carboxylic acids is 1. The number of benzene rings is 2. The summed E-state index contributed by atoms with van der Waals surface area (Å²) >= 11 is 0. The SMILES string of the molecule is CC=C(C=Cc1ccccc1)N(C[C@@H]1CCCN1)C(=O)c1ccc(OC)c(OC)c1. The summed E-state index contributed by atoms with van der Waals surface area (Å²) in [6.45, 7) is 3.57. The van der Waals surface area contributed by atoms with Crippen molar-refractivity contribution in [2.75, 3.05) is 27.3 Å². The quantitative estimate of drug-likeness (QED) is 0.655. The topological polar surface area (TPSA) is 50.8 Å². The van der Waals surface area contributed by atoms with E-state index in [1.807, 2.05) is 60.4 Å². The Labute approximate surface area is 179 Å². The summed E-state index contributed by atoms with van der Waals surface area (Å²) in [6, 6.07) is 15.7. The van der Waals surface area contributed by atoms with Crippen molar-refractivity contribution in [2.24, 2.45) is 0 Å². The van der Waals surface area contributed by atoms with Gasteiger partial charge in [0.25, 0.3) is 5.91 Å². The predicted octanol–water partition coefficient (Wildman–Crippen LogP) is 4.52. The third-order valence-corrected chi connectivity index (χ3v) is 5.29. The van der Waals surface area contributed by atoms with Crippen LogP contribution in [0.2, 0.25) is 0 Å². The van der Waals surface area contributed by atoms with Gasteiger partial charge in [0.1, 0.15) is 0 Å². The molecule has 0 saturated carbocycles. The van der Waals surface area contributed by atoms with Gasteiger partial charge in [0, 0.05) is 23.8 Å². The second-order valence-corrected chi connectivity index (χ2v) is 7.24. The highest BCUT2D eigenvalue weighted by molar-refractivity contribution is 5.96. The molecule has 1 amide bonds. The van der Waals surface area contributed by atoms with Crippen molar-refractivity contribution in [3.63, 3.8) is 0 Å². The second-order valence-electron chi connectivity index (χ2n) is 7.24. The summed E-state index contributed by atoms with van der Waals surface area (Å²) in [5.74, 6) is 1.09. The molecule has 0 bridgehead atoms. The van der Waals surface area contributed by atoms with Gasteiger partial charge in [-0.2, -0.15) is 0 Å². The zero-order valence-electron chi connectivity index (χ0n) is 17.9. The molecule has 5 heteroatoms. The Morgan fingerprint density at radius 2 is 1.90 bits per heavy atom. The highest BCUT2D eigenvalue weighted by Gasteiger charge is 2.25. The fraction of sp³-hybridized carbons (Fsp3) is 0.320. The molecular weight excluding hydrogens is 376 g/mol. The zero-order valence-corrected chi connectivity index (χ0v) is 17.9. The number of carbonyl (C=O) groups is 1. The van der Waals surface area contributed by atoms with E-state index in [2.05, 4.69) is 5.32 Å². The standard InChI is InChI=1S/C25H30N2O3/c1-4-22(14-12-19-9-6-5-7-10-19)27(18-21-11-8-16-26-21)25(28)20-13-15-23(29-2)24(17-20)30-3/h4-7,9-10,12-15,17,21,26H,8,11,16,18H2,1-3H3/t21-/m0/s1. The van der Waals surface area contributed by atoms with Crippen LogP contribution in [0.15, 0.2) is 66.4 Å². The Morgan fingerprint density at radius 1 is 1.13 bits per heavy atom. The van der Waals surface area contributed by atoms with Crippen LogP contribution in [0.1, 0.15) is 35.7 Å². The van der Waals surface area contributed by atoms with E-state index >= 15 is 0 Å². The van der Waals surface area contributed by atoms with E-state index in [1.54, 1.807) is 32.4 Å². The lowest BCUT2D eigenvalue weighted by molar-refractivity contribution is 0.0799. The molecule has 30 heavy (non-hydrogen) atoms. The van der Waals surface area contributed by atoms with Gasteiger partial charge in [-0.3, -0.25) is 4.79 Å². The molecule has 0 unspecified atom stereocenters. The minimum Gasteiger partial charge on any atom is -0.493 e. The first-order valence-corrected chi connectivity index (χ1v) is 10.3. The lowest BCUT2D eigenvalue weighted by Crippen LogP contribution is -2.40. The van der Waals surface area contributed by atoms with E-state index in [0.29, 0.717) is 23.6 Å². The van der Waals surface area contributed by atoms with Crippen LogP contribution in [0.25, 0.3) is 6.08 Å². The van der Waals surface area contributed by atoms with Crippen LogP contribution in [-0.4, -0.2) is 44.2 Å². The van der Waals surface area contributed by atoms with Crippen LogP contribution in [0.3, 0.4) is 0 Å². The zero-order chi connectivity index (χ0) is 21.3. The van der Waals surface area contributed by atoms with Crippen LogP contribution in [0.4, 0.5) is 0 Å². The molecule has 1 N–H and O–H groups in total. The molecule has 1 aliphatic rings. The fourth-order valence-electron chi connectivity index (χ4n) is 3.65. The summed E-state index contributed by atoms with van der Waals surface area (Å²) in [4.78, 5) is 15.4. The molecule has 1 saturated heterocycles. The Hall–Kier alpha value is -3.05. The number of nitrogens with zero attached hydrogens (tertiary/aromatic N) is 1. The third kappa shape index (κ3) is 5.30. The number of hydrogen-bond donors (Lipinski definition) is 1. The molecule has 0 spiro atoms. The largest absolute Gasteiger partial charge is 0.493 e. The maximum atomic E-state index is 13.5. The smallest absolute Gasteiger partial charge is 0.258 e. The Morgan fingerprint density at radius 3 is 2.53 bits per heavy atom. The lowest BCUT2D eigenvalue weighted by Gasteiger charge is -2.27. The molecule has 158 valence electrons. The summed E-state index contributed by atoms with van der Waals surface area (Å²) in [5, 5.41) is 3.50. The van der Waals surface area contributed by atoms with Gasteiger partial charge in [0.15, 0.2) is 11.5 Å². The Kier molecular flexibility index (Phi) is 7.69. The van der Waals surface area contributed by atoms with Gasteiger partial charge in [0.05, 0.1) is 14.2 Å². The number of nitrogens with one attached hydrogen (secondary N) is 1. The first-order chi connectivity index (χ1) is 14.7. The van der Waals surface area contributed by atoms with Crippen LogP contribution in [0.5, 0.6) is 11.5 Å². The van der Waals surface area contributed by atoms with Crippen molar-refractivity contribution >= 4 is 12.0 Å². The summed E-state index contributed by atoms with van der Waals surface area (Å²) in [7, 11) is 3.16. The molecule has 0 aliphatic carbocycles. The molecule has 5 nitrogen and oxygen atoms in total. The van der Waals surface area contributed by atoms with Gasteiger partial charge in [-0.25, -0.2) is 0 Å². The van der Waals surface area contributed by atoms with Gasteiger partial charge < -0.3 is 19.7 Å². The van der Waals surface area contributed by atoms with Gasteiger partial charge in [-0.05, 0) is 56.1 Å². The number of allylic oxidation sites excluding steroid dienone is 2. The average molecular weight is 407 g/mol. The minimum absolute atomic E-state index is 0.0598. The fourth-order valence-corrected chi connectivity index (χ4v) is 3.65. The predicted molar refractivity (Wildman–Crippen MR) is 121 cm³/mol. The van der Waals surface area contributed by atoms with Crippen LogP contribution in [-0.2, 0) is 0 Å². The van der Waals surface area contributed by atoms with Gasteiger partial charge in [0.2, 0.25) is 0 Å². The van der Waals surface area contributed by atoms with Crippen molar-refractivity contribution in [3.05, 3.63) is 77.5 Å². The molecule has 2 aromatic rings. The number of ether oxygens (including phenoxy) is 2. The molecule has 1 fully saturated rings. The molecule has 0 aromatic heterocycles. The van der Waals surface area contributed by atoms with Crippen molar-refractivity contribution in [1.29, 1.82) is 0 Å². The second kappa shape index (κ2) is 10.6. The molecule has 1 heterocycles. The maximum absolute atomic E-state index is 13.5. The van der Waals surface area contributed by atoms with Crippen molar-refractivity contribution in [1.82, 2.24) is 10.2 Å². The minimum atomic E-state index is -0.0598. The van der Waals surface area contributed by atoms with Gasteiger partial charge >= 0.3 is 0 Å². The molecule has 2 aromatic carbocycles. The lowest BCUT2D eigenvalue weighted by atomic mass is 10.1. The van der Waals surface area contributed by atoms with Crippen LogP contribution < -0.4 is 14.8 Å². The van der Waals surface area contributed by atoms with E-state index in [9.17, 15) is 4.79 Å². The number of hydrogen-bond acceptors (Lipinski definition) is 4. The Balaban J connectivity index is 1.90. The molecule has 1 aliphatic heterocycles. The average Bonchev–Trinajstić information content (AvgIpc) is 3.31. The van der Waals surface area contributed by atoms with E-state index in [4.69, 9.17) is 9.47 Å². The summed E-state index contributed by atoms with van der Waals surface area (Å²) in [5.41, 5.74) is 2.53. The van der Waals surface area contributed by atoms with Crippen molar-refractivity contribution < 1.29 is 14.3 Å². The number of amides is 1. The first kappa shape index (κ1) is 21.7. The van der Waals surface area contributed by atoms with Crippen molar-refractivity contribution in [3.8, 4) is 11.5 Å². The summed E-state index contributed by atoms with van der Waals surface area (Å²) in [6.07, 6.45) is 8.21. The number of rotatable bonds is 8. The van der Waals surface area contributed by atoms with Gasteiger partial charge in [-0.15, -0.1) is 0 Å². The monoisotopic (exact) mass is 406 g/mol. The molecule has 3 rings (SSSR count). The van der Waals surface area contributed by atoms with E-state index in [-0.39, 0.29) is 11.9 Å². The highest BCUT2D eigenvalue weighted by Crippen LogP contribution is 2.29. The normalized spacial score (nSPS) is 16.6.